The van der Waals surface area contributed by atoms with E-state index in [0.29, 0.717) is 5.82 Å². The molecule has 0 aliphatic carbocycles. The molecule has 5 heteroatoms. The van der Waals surface area contributed by atoms with E-state index in [0.717, 1.165) is 10.9 Å². The quantitative estimate of drug-likeness (QED) is 0.908. The minimum absolute atomic E-state index is 0.0303. The largest absolute Gasteiger partial charge is 0.344 e. The molecule has 4 nitrogen and oxygen atoms in total. The lowest BCUT2D eigenvalue weighted by molar-refractivity contribution is -0.130. The van der Waals surface area contributed by atoms with Crippen LogP contribution in [0, 0.1) is 11.3 Å². The van der Waals surface area contributed by atoms with Gasteiger partial charge in [0.05, 0.1) is 10.0 Å². The van der Waals surface area contributed by atoms with Crippen LogP contribution in [0.5, 0.6) is 0 Å². The zero-order chi connectivity index (χ0) is 15.6. The molecular formula is C15H24BrN3O. The first-order chi connectivity index (χ1) is 9.08. The van der Waals surface area contributed by atoms with E-state index in [1.807, 2.05) is 20.8 Å². The summed E-state index contributed by atoms with van der Waals surface area (Å²) in [5.74, 6) is 0.631. The van der Waals surface area contributed by atoms with Gasteiger partial charge < -0.3 is 5.32 Å². The van der Waals surface area contributed by atoms with Crippen LogP contribution in [0.15, 0.2) is 16.9 Å². The Morgan fingerprint density at radius 3 is 2.15 bits per heavy atom. The number of hydrogen-bond donors (Lipinski definition) is 1. The molecule has 1 aromatic rings. The average molecular weight is 342 g/mol. The summed E-state index contributed by atoms with van der Waals surface area (Å²) in [5.41, 5.74) is -0.647. The van der Waals surface area contributed by atoms with Gasteiger partial charge in [0.1, 0.15) is 0 Å². The second-order valence-electron chi connectivity index (χ2n) is 6.67. The monoisotopic (exact) mass is 341 g/mol. The number of rotatable bonds is 4. The van der Waals surface area contributed by atoms with Crippen LogP contribution in [0.4, 0.5) is 0 Å². The Bertz CT molecular complexity index is 463. The van der Waals surface area contributed by atoms with Crippen LogP contribution in [-0.4, -0.2) is 15.9 Å². The van der Waals surface area contributed by atoms with Gasteiger partial charge in [0.15, 0.2) is 5.82 Å². The lowest BCUT2D eigenvalue weighted by Crippen LogP contribution is -2.47. The Hall–Kier alpha value is -0.970. The highest BCUT2D eigenvalue weighted by Gasteiger charge is 2.34. The van der Waals surface area contributed by atoms with Gasteiger partial charge in [0.25, 0.3) is 0 Å². The van der Waals surface area contributed by atoms with Gasteiger partial charge in [-0.1, -0.05) is 27.7 Å². The highest BCUT2D eigenvalue weighted by atomic mass is 79.9. The van der Waals surface area contributed by atoms with E-state index in [-0.39, 0.29) is 17.2 Å². The molecule has 1 amide bonds. The number of halogens is 1. The van der Waals surface area contributed by atoms with Gasteiger partial charge in [0, 0.05) is 18.3 Å². The Morgan fingerprint density at radius 1 is 1.25 bits per heavy atom. The molecule has 0 aromatic carbocycles. The lowest BCUT2D eigenvalue weighted by atomic mass is 9.78. The van der Waals surface area contributed by atoms with E-state index in [1.165, 1.54) is 0 Å². The third-order valence-electron chi connectivity index (χ3n) is 3.39. The molecule has 1 heterocycles. The van der Waals surface area contributed by atoms with E-state index >= 15 is 0 Å². The zero-order valence-electron chi connectivity index (χ0n) is 13.1. The Kier molecular flexibility index (Phi) is 5.30. The normalized spacial score (nSPS) is 13.9. The maximum Gasteiger partial charge on any atom is 0.224 e. The maximum atomic E-state index is 12.5. The fourth-order valence-corrected chi connectivity index (χ4v) is 2.48. The van der Waals surface area contributed by atoms with Crippen molar-refractivity contribution in [2.24, 2.45) is 11.3 Å². The number of carbonyl (C=O) groups excluding carboxylic acids is 1. The van der Waals surface area contributed by atoms with Crippen molar-refractivity contribution < 1.29 is 4.79 Å². The van der Waals surface area contributed by atoms with Crippen LogP contribution in [0.3, 0.4) is 0 Å². The Balaban J connectivity index is 2.90. The molecule has 1 N–H and O–H groups in total. The van der Waals surface area contributed by atoms with E-state index < -0.39 is 5.54 Å². The highest BCUT2D eigenvalue weighted by molar-refractivity contribution is 9.10. The maximum absolute atomic E-state index is 12.5. The van der Waals surface area contributed by atoms with Crippen LogP contribution >= 0.6 is 15.9 Å². The third kappa shape index (κ3) is 4.27. The van der Waals surface area contributed by atoms with Crippen molar-refractivity contribution in [1.29, 1.82) is 0 Å². The van der Waals surface area contributed by atoms with Gasteiger partial charge in [-0.05, 0) is 41.6 Å². The predicted molar refractivity (Wildman–Crippen MR) is 84.1 cm³/mol. The number of amides is 1. The summed E-state index contributed by atoms with van der Waals surface area (Å²) in [5, 5.41) is 3.07. The smallest absolute Gasteiger partial charge is 0.224 e. The molecule has 112 valence electrons. The van der Waals surface area contributed by atoms with E-state index in [2.05, 4.69) is 52.0 Å². The number of aromatic nitrogens is 2. The van der Waals surface area contributed by atoms with E-state index in [9.17, 15) is 4.79 Å². The van der Waals surface area contributed by atoms with Crippen molar-refractivity contribution >= 4 is 21.8 Å². The van der Waals surface area contributed by atoms with Crippen LogP contribution in [0.1, 0.15) is 53.8 Å². The van der Waals surface area contributed by atoms with Crippen molar-refractivity contribution in [1.82, 2.24) is 15.3 Å². The molecule has 0 radical (unpaired) electrons. The van der Waals surface area contributed by atoms with Gasteiger partial charge in [-0.15, -0.1) is 0 Å². The molecule has 0 aliphatic rings. The molecule has 0 fully saturated rings. The van der Waals surface area contributed by atoms with Gasteiger partial charge in [0.2, 0.25) is 5.91 Å². The van der Waals surface area contributed by atoms with Crippen LogP contribution in [-0.2, 0) is 10.3 Å². The molecule has 0 bridgehead atoms. The molecule has 0 aliphatic heterocycles. The molecular weight excluding hydrogens is 318 g/mol. The predicted octanol–water partition coefficient (Wildman–Crippen LogP) is 3.66. The van der Waals surface area contributed by atoms with E-state index in [4.69, 9.17) is 0 Å². The van der Waals surface area contributed by atoms with E-state index in [1.54, 1.807) is 12.4 Å². The fraction of sp³-hybridized carbons (Fsp3) is 0.667. The molecule has 20 heavy (non-hydrogen) atoms. The molecule has 1 unspecified atom stereocenters. The summed E-state index contributed by atoms with van der Waals surface area (Å²) in [6, 6.07) is 0. The van der Waals surface area contributed by atoms with Crippen molar-refractivity contribution in [3.05, 3.63) is 22.7 Å². The van der Waals surface area contributed by atoms with Crippen LogP contribution in [0.25, 0.3) is 0 Å². The third-order valence-corrected chi connectivity index (χ3v) is 3.79. The SMILES string of the molecule is CCC(C(=O)NC(C)(C)c1ncc(Br)cn1)C(C)(C)C. The van der Waals surface area contributed by atoms with Crippen molar-refractivity contribution in [2.75, 3.05) is 0 Å². The number of nitrogens with zero attached hydrogens (tertiary/aromatic N) is 2. The first-order valence-corrected chi connectivity index (χ1v) is 7.67. The molecule has 1 atom stereocenters. The lowest BCUT2D eigenvalue weighted by Gasteiger charge is -2.33. The first kappa shape index (κ1) is 17.1. The second-order valence-corrected chi connectivity index (χ2v) is 7.58. The van der Waals surface area contributed by atoms with Gasteiger partial charge in [-0.2, -0.15) is 0 Å². The number of nitrogens with one attached hydrogen (secondary N) is 1. The summed E-state index contributed by atoms with van der Waals surface area (Å²) < 4.78 is 0.824. The summed E-state index contributed by atoms with van der Waals surface area (Å²) in [7, 11) is 0. The van der Waals surface area contributed by atoms with Crippen molar-refractivity contribution in [2.45, 2.75) is 53.5 Å². The Labute approximate surface area is 129 Å². The molecule has 0 saturated heterocycles. The Morgan fingerprint density at radius 2 is 1.75 bits per heavy atom. The highest BCUT2D eigenvalue weighted by Crippen LogP contribution is 2.30. The van der Waals surface area contributed by atoms with Gasteiger partial charge in [-0.3, -0.25) is 4.79 Å². The van der Waals surface area contributed by atoms with Crippen molar-refractivity contribution in [3.8, 4) is 0 Å². The zero-order valence-corrected chi connectivity index (χ0v) is 14.7. The summed E-state index contributed by atoms with van der Waals surface area (Å²) in [4.78, 5) is 21.1. The topological polar surface area (TPSA) is 54.9 Å². The first-order valence-electron chi connectivity index (χ1n) is 6.88. The molecule has 1 aromatic heterocycles. The number of hydrogen-bond acceptors (Lipinski definition) is 3. The van der Waals surface area contributed by atoms with Gasteiger partial charge >= 0.3 is 0 Å². The minimum atomic E-state index is -0.587. The molecule has 0 spiro atoms. The standard InChI is InChI=1S/C15H24BrN3O/c1-7-11(14(2,3)4)12(20)19-15(5,6)13-17-8-10(16)9-18-13/h8-9,11H,7H2,1-6H3,(H,19,20). The average Bonchev–Trinajstić information content (AvgIpc) is 2.27. The summed E-state index contributed by atoms with van der Waals surface area (Å²) in [6.45, 7) is 12.1. The molecule has 1 rings (SSSR count). The fourth-order valence-electron chi connectivity index (χ4n) is 2.28. The van der Waals surface area contributed by atoms with Crippen LogP contribution < -0.4 is 5.32 Å². The van der Waals surface area contributed by atoms with Gasteiger partial charge in [-0.25, -0.2) is 9.97 Å². The summed E-state index contributed by atoms with van der Waals surface area (Å²) >= 11 is 3.31. The minimum Gasteiger partial charge on any atom is -0.344 e. The second kappa shape index (κ2) is 6.20. The molecule has 0 saturated carbocycles. The van der Waals surface area contributed by atoms with Crippen molar-refractivity contribution in [3.63, 3.8) is 0 Å². The van der Waals surface area contributed by atoms with Crippen LogP contribution in [0.2, 0.25) is 0 Å². The number of carbonyl (C=O) groups is 1. The summed E-state index contributed by atoms with van der Waals surface area (Å²) in [6.07, 6.45) is 4.20.